The van der Waals surface area contributed by atoms with Crippen molar-refractivity contribution in [2.45, 2.75) is 331 Å². The fourth-order valence-corrected chi connectivity index (χ4v) is 10.4. The second kappa shape index (κ2) is 49.5. The van der Waals surface area contributed by atoms with Crippen molar-refractivity contribution in [2.75, 3.05) is 19.8 Å². The molecule has 2 saturated heterocycles. The summed E-state index contributed by atoms with van der Waals surface area (Å²) >= 11 is 0. The molecule has 2 rings (SSSR count). The zero-order chi connectivity index (χ0) is 56.7. The largest absolute Gasteiger partial charge is 0.394 e. The van der Waals surface area contributed by atoms with Crippen LogP contribution in [0.5, 0.6) is 0 Å². The van der Waals surface area contributed by atoms with Crippen LogP contribution in [-0.4, -0.2) is 140 Å². The molecule has 0 aromatic heterocycles. The molecule has 2 aliphatic rings. The molecule has 14 nitrogen and oxygen atoms in total. The summed E-state index contributed by atoms with van der Waals surface area (Å²) in [5.41, 5.74) is 0. The Labute approximate surface area is 473 Å². The molecule has 2 aliphatic heterocycles. The molecule has 0 saturated carbocycles. The summed E-state index contributed by atoms with van der Waals surface area (Å²) in [7, 11) is 0. The molecular weight excluding hydrogens is 991 g/mol. The van der Waals surface area contributed by atoms with Gasteiger partial charge in [0.1, 0.15) is 48.8 Å². The van der Waals surface area contributed by atoms with E-state index in [9.17, 15) is 45.6 Å². The molecule has 1 amide bonds. The van der Waals surface area contributed by atoms with Crippen LogP contribution in [0.3, 0.4) is 0 Å². The Kier molecular flexibility index (Phi) is 45.8. The average molecular weight is 1110 g/mol. The van der Waals surface area contributed by atoms with Crippen LogP contribution < -0.4 is 5.32 Å². The number of allylic oxidation sites excluding steroid dienone is 7. The lowest BCUT2D eigenvalue weighted by atomic mass is 9.97. The maximum atomic E-state index is 13.2. The molecule has 0 aromatic carbocycles. The first-order valence-electron chi connectivity index (χ1n) is 31.8. The van der Waals surface area contributed by atoms with Gasteiger partial charge in [-0.05, 0) is 64.7 Å². The molecule has 456 valence electrons. The van der Waals surface area contributed by atoms with E-state index in [4.69, 9.17) is 18.9 Å². The fourth-order valence-electron chi connectivity index (χ4n) is 10.4. The molecule has 0 spiro atoms. The molecule has 12 unspecified atom stereocenters. The molecule has 0 aromatic rings. The molecule has 0 aliphatic carbocycles. The number of hydrogen-bond acceptors (Lipinski definition) is 13. The molecule has 2 heterocycles. The Morgan fingerprint density at radius 1 is 0.474 bits per heavy atom. The van der Waals surface area contributed by atoms with Gasteiger partial charge in [-0.1, -0.05) is 235 Å². The Bertz CT molecular complexity index is 1490. The van der Waals surface area contributed by atoms with Gasteiger partial charge in [0.15, 0.2) is 12.6 Å². The molecule has 0 bridgehead atoms. The first-order valence-corrected chi connectivity index (χ1v) is 31.8. The Balaban J connectivity index is 1.56. The van der Waals surface area contributed by atoms with Crippen LogP contribution in [0.2, 0.25) is 0 Å². The number of carbonyl (C=O) groups is 1. The van der Waals surface area contributed by atoms with Gasteiger partial charge in [-0.25, -0.2) is 0 Å². The minimum Gasteiger partial charge on any atom is -0.394 e. The topological polar surface area (TPSA) is 228 Å². The van der Waals surface area contributed by atoms with Crippen molar-refractivity contribution in [3.05, 3.63) is 48.6 Å². The zero-order valence-electron chi connectivity index (χ0n) is 49.2. The number of ether oxygens (including phenoxy) is 4. The summed E-state index contributed by atoms with van der Waals surface area (Å²) in [6, 6.07) is -0.935. The highest BCUT2D eigenvalue weighted by molar-refractivity contribution is 5.76. The molecule has 9 N–H and O–H groups in total. The number of aliphatic hydroxyl groups excluding tert-OH is 8. The predicted molar refractivity (Wildman–Crippen MR) is 314 cm³/mol. The van der Waals surface area contributed by atoms with E-state index in [2.05, 4.69) is 42.6 Å². The molecule has 12 atom stereocenters. The number of nitrogens with one attached hydrogen (secondary N) is 1. The van der Waals surface area contributed by atoms with Crippen LogP contribution in [0.15, 0.2) is 48.6 Å². The first-order chi connectivity index (χ1) is 38.1. The summed E-state index contributed by atoms with van der Waals surface area (Å²) in [4.78, 5) is 13.2. The van der Waals surface area contributed by atoms with Crippen molar-refractivity contribution in [1.29, 1.82) is 0 Å². The Hall–Kier alpha value is -2.05. The van der Waals surface area contributed by atoms with Gasteiger partial charge in [-0.2, -0.15) is 0 Å². The zero-order valence-corrected chi connectivity index (χ0v) is 49.2. The van der Waals surface area contributed by atoms with E-state index in [1.54, 1.807) is 6.08 Å². The van der Waals surface area contributed by atoms with E-state index in [1.807, 2.05) is 19.1 Å². The summed E-state index contributed by atoms with van der Waals surface area (Å²) in [5, 5.41) is 86.8. The first kappa shape index (κ1) is 72.1. The lowest BCUT2D eigenvalue weighted by molar-refractivity contribution is -0.359. The number of carbonyl (C=O) groups excluding carboxylic acids is 1. The quantitative estimate of drug-likeness (QED) is 0.0204. The number of rotatable bonds is 51. The SMILES string of the molecule is C/C=C/CC/C=C/CC/C=C/C(O)C(COC1OC(CO)C(OC2OC(CO)C(O)C(O)C2O)C(O)C1O)NC(=O)CCCCCCCCCCCCCCCCCCCCCCCCC/C=C\CCCCCCCCCC. The van der Waals surface area contributed by atoms with Crippen LogP contribution in [0.1, 0.15) is 258 Å². The second-order valence-electron chi connectivity index (χ2n) is 22.5. The highest BCUT2D eigenvalue weighted by Gasteiger charge is 2.51. The van der Waals surface area contributed by atoms with E-state index in [-0.39, 0.29) is 18.9 Å². The molecule has 78 heavy (non-hydrogen) atoms. The van der Waals surface area contributed by atoms with Crippen LogP contribution >= 0.6 is 0 Å². The highest BCUT2D eigenvalue weighted by atomic mass is 16.7. The summed E-state index contributed by atoms with van der Waals surface area (Å²) in [5.74, 6) is -0.254. The van der Waals surface area contributed by atoms with Crippen LogP contribution in [-0.2, 0) is 23.7 Å². The molecule has 2 fully saturated rings. The number of amides is 1. The van der Waals surface area contributed by atoms with Gasteiger partial charge in [-0.3, -0.25) is 4.79 Å². The van der Waals surface area contributed by atoms with E-state index in [0.717, 1.165) is 38.5 Å². The van der Waals surface area contributed by atoms with Crippen molar-refractivity contribution in [3.8, 4) is 0 Å². The van der Waals surface area contributed by atoms with E-state index in [0.29, 0.717) is 12.8 Å². The van der Waals surface area contributed by atoms with Gasteiger partial charge < -0.3 is 65.1 Å². The van der Waals surface area contributed by atoms with Gasteiger partial charge in [-0.15, -0.1) is 0 Å². The van der Waals surface area contributed by atoms with E-state index in [1.165, 1.54) is 186 Å². The molecule has 14 heteroatoms. The number of hydrogen-bond donors (Lipinski definition) is 9. The van der Waals surface area contributed by atoms with Gasteiger partial charge in [0, 0.05) is 6.42 Å². The third-order valence-electron chi connectivity index (χ3n) is 15.6. The predicted octanol–water partition coefficient (Wildman–Crippen LogP) is 11.6. The van der Waals surface area contributed by atoms with Gasteiger partial charge in [0.2, 0.25) is 5.91 Å². The molecular formula is C64H117NO13. The van der Waals surface area contributed by atoms with Gasteiger partial charge in [0.25, 0.3) is 0 Å². The third-order valence-corrected chi connectivity index (χ3v) is 15.6. The Morgan fingerprint density at radius 2 is 0.872 bits per heavy atom. The lowest BCUT2D eigenvalue weighted by Crippen LogP contribution is -2.65. The average Bonchev–Trinajstić information content (AvgIpc) is 3.47. The third kappa shape index (κ3) is 34.4. The van der Waals surface area contributed by atoms with Crippen LogP contribution in [0, 0.1) is 0 Å². The van der Waals surface area contributed by atoms with Crippen molar-refractivity contribution >= 4 is 5.91 Å². The number of unbranched alkanes of at least 4 members (excludes halogenated alkanes) is 33. The van der Waals surface area contributed by atoms with Gasteiger partial charge in [0.05, 0.1) is 32.0 Å². The fraction of sp³-hybridized carbons (Fsp3) is 0.859. The smallest absolute Gasteiger partial charge is 0.220 e. The van der Waals surface area contributed by atoms with Gasteiger partial charge >= 0.3 is 0 Å². The summed E-state index contributed by atoms with van der Waals surface area (Å²) in [6.07, 6.45) is 46.7. The van der Waals surface area contributed by atoms with Crippen LogP contribution in [0.4, 0.5) is 0 Å². The summed E-state index contributed by atoms with van der Waals surface area (Å²) in [6.45, 7) is 2.54. The van der Waals surface area contributed by atoms with Crippen molar-refractivity contribution in [1.82, 2.24) is 5.32 Å². The minimum atomic E-state index is -1.79. The van der Waals surface area contributed by atoms with Crippen molar-refractivity contribution < 1.29 is 64.6 Å². The normalized spacial score (nSPS) is 24.8. The van der Waals surface area contributed by atoms with E-state index < -0.39 is 86.8 Å². The lowest BCUT2D eigenvalue weighted by Gasteiger charge is -2.46. The second-order valence-corrected chi connectivity index (χ2v) is 22.5. The maximum Gasteiger partial charge on any atom is 0.220 e. The van der Waals surface area contributed by atoms with Crippen molar-refractivity contribution in [3.63, 3.8) is 0 Å². The standard InChI is InChI=1S/C64H117NO13/c1-3-5-7-9-11-13-14-15-16-17-18-19-20-21-22-23-24-25-26-27-28-29-30-31-32-33-34-35-36-37-38-40-42-44-46-48-56(69)65-52(53(68)47-45-43-41-39-12-10-8-6-4-2)51-75-63-61(74)59(72)62(55(50-67)77-63)78-64-60(73)58(71)57(70)54(49-66)76-64/h4,6,12,17-18,39,45,47,52-55,57-64,66-68,70-74H,3,5,7-11,13-16,19-38,40-44,46,48-51H2,1-2H3,(H,65,69)/b6-4+,18-17-,39-12+,47-45+. The maximum absolute atomic E-state index is 13.2. The number of aliphatic hydroxyl groups is 8. The Morgan fingerprint density at radius 3 is 1.33 bits per heavy atom. The molecule has 0 radical (unpaired) electrons. The minimum absolute atomic E-state index is 0.254. The van der Waals surface area contributed by atoms with E-state index >= 15 is 0 Å². The van der Waals surface area contributed by atoms with Crippen molar-refractivity contribution in [2.24, 2.45) is 0 Å². The highest BCUT2D eigenvalue weighted by Crippen LogP contribution is 2.30. The van der Waals surface area contributed by atoms with Crippen LogP contribution in [0.25, 0.3) is 0 Å². The monoisotopic (exact) mass is 1110 g/mol. The summed E-state index contributed by atoms with van der Waals surface area (Å²) < 4.78 is 22.7.